The molecular weight excluding hydrogens is 469 g/mol. The predicted molar refractivity (Wildman–Crippen MR) is 121 cm³/mol. The van der Waals surface area contributed by atoms with Gasteiger partial charge >= 0.3 is 19.4 Å². The van der Waals surface area contributed by atoms with Gasteiger partial charge < -0.3 is 18.7 Å². The number of nitrogens with zero attached hydrogens (tertiary/aromatic N) is 1. The fraction of sp³-hybridized carbons (Fsp3) is 0.381. The minimum atomic E-state index is -4.08. The van der Waals surface area contributed by atoms with Crippen molar-refractivity contribution in [2.24, 2.45) is 0 Å². The van der Waals surface area contributed by atoms with Crippen LogP contribution >= 0.6 is 7.75 Å². The van der Waals surface area contributed by atoms with Gasteiger partial charge in [0.25, 0.3) is 5.56 Å². The molecule has 3 rings (SSSR count). The van der Waals surface area contributed by atoms with Crippen molar-refractivity contribution in [3.63, 3.8) is 0 Å². The van der Waals surface area contributed by atoms with Gasteiger partial charge in [0.2, 0.25) is 0 Å². The molecule has 0 radical (unpaired) electrons. The van der Waals surface area contributed by atoms with Crippen LogP contribution in [0, 0.1) is 6.92 Å². The van der Waals surface area contributed by atoms with E-state index in [1.54, 1.807) is 31.2 Å². The molecule has 0 saturated heterocycles. The number of hydrogen-bond donors (Lipinski definition) is 2. The zero-order chi connectivity index (χ0) is 24.9. The number of aryl methyl sites for hydroxylation is 1. The number of methoxy groups -OCH3 is 2. The summed E-state index contributed by atoms with van der Waals surface area (Å²) < 4.78 is 41.3. The molecule has 2 unspecified atom stereocenters. The summed E-state index contributed by atoms with van der Waals surface area (Å²) in [6.07, 6.45) is 3.13. The van der Waals surface area contributed by atoms with E-state index < -0.39 is 43.3 Å². The van der Waals surface area contributed by atoms with Crippen LogP contribution in [0.2, 0.25) is 0 Å². The number of nitrogens with one attached hydrogen (secondary N) is 2. The lowest BCUT2D eigenvalue weighted by atomic mass is 10.3. The second kappa shape index (κ2) is 10.8. The third-order valence-corrected chi connectivity index (χ3v) is 6.47. The Bertz CT molecular complexity index is 1210. The van der Waals surface area contributed by atoms with E-state index in [0.717, 1.165) is 0 Å². The van der Waals surface area contributed by atoms with Crippen LogP contribution in [0.15, 0.2) is 52.2 Å². The molecule has 184 valence electrons. The van der Waals surface area contributed by atoms with Gasteiger partial charge in [-0.3, -0.25) is 23.7 Å². The number of benzene rings is 1. The van der Waals surface area contributed by atoms with Gasteiger partial charge in [0.05, 0.1) is 20.8 Å². The van der Waals surface area contributed by atoms with Crippen LogP contribution in [0.3, 0.4) is 0 Å². The molecule has 13 heteroatoms. The Morgan fingerprint density at radius 2 is 1.88 bits per heavy atom. The molecule has 2 N–H and O–H groups in total. The Kier molecular flexibility index (Phi) is 8.11. The fourth-order valence-corrected chi connectivity index (χ4v) is 4.52. The number of H-pyrrole nitrogens is 1. The predicted octanol–water partition coefficient (Wildman–Crippen LogP) is 1.66. The van der Waals surface area contributed by atoms with Gasteiger partial charge in [0.15, 0.2) is 6.23 Å². The minimum absolute atomic E-state index is 0.213. The first kappa shape index (κ1) is 25.4. The number of rotatable bonds is 10. The number of carbonyl (C=O) groups is 1. The summed E-state index contributed by atoms with van der Waals surface area (Å²) in [4.78, 5) is 37.7. The summed E-state index contributed by atoms with van der Waals surface area (Å²) in [5.74, 6) is 0.124. The summed E-state index contributed by atoms with van der Waals surface area (Å²) >= 11 is 0. The van der Waals surface area contributed by atoms with Gasteiger partial charge in [-0.15, -0.1) is 0 Å². The van der Waals surface area contributed by atoms with Crippen molar-refractivity contribution >= 4 is 13.7 Å². The summed E-state index contributed by atoms with van der Waals surface area (Å²) in [5.41, 5.74) is -0.769. The Hall–Kier alpha value is -3.18. The van der Waals surface area contributed by atoms with Gasteiger partial charge in [-0.1, -0.05) is 6.08 Å². The monoisotopic (exact) mass is 495 g/mol. The van der Waals surface area contributed by atoms with E-state index in [0.29, 0.717) is 11.3 Å². The van der Waals surface area contributed by atoms with Gasteiger partial charge in [0.1, 0.15) is 23.6 Å². The van der Waals surface area contributed by atoms with Crippen molar-refractivity contribution in [2.75, 3.05) is 20.8 Å². The fourth-order valence-electron chi connectivity index (χ4n) is 3.02. The molecule has 0 aliphatic carbocycles. The van der Waals surface area contributed by atoms with E-state index in [1.165, 1.54) is 44.0 Å². The van der Waals surface area contributed by atoms with Crippen molar-refractivity contribution in [2.45, 2.75) is 32.2 Å². The Morgan fingerprint density at radius 3 is 2.53 bits per heavy atom. The molecule has 0 bridgehead atoms. The summed E-state index contributed by atoms with van der Waals surface area (Å²) in [6, 6.07) is 5.30. The normalized spacial score (nSPS) is 19.9. The van der Waals surface area contributed by atoms with E-state index >= 15 is 0 Å². The number of ether oxygens (including phenoxy) is 3. The highest BCUT2D eigenvalue weighted by atomic mass is 31.2. The Balaban J connectivity index is 1.71. The molecule has 1 aromatic heterocycles. The molecule has 1 aromatic carbocycles. The summed E-state index contributed by atoms with van der Waals surface area (Å²) in [5, 5.41) is 2.54. The van der Waals surface area contributed by atoms with Crippen LogP contribution in [-0.2, 0) is 23.4 Å². The largest absolute Gasteiger partial charge is 0.497 e. The second-order valence-corrected chi connectivity index (χ2v) is 9.06. The molecule has 2 heterocycles. The van der Waals surface area contributed by atoms with Crippen LogP contribution in [0.4, 0.5) is 0 Å². The number of esters is 1. The van der Waals surface area contributed by atoms with E-state index in [2.05, 4.69) is 14.8 Å². The first-order valence-corrected chi connectivity index (χ1v) is 11.8. The molecule has 0 saturated carbocycles. The SMILES string of the molecule is COC(=O)C(C)NP(=O)(OC[C@@H]1C=C[C@H](n2cc(C)c(=O)[nH]c2=O)O1)Oc1ccc(OC)cc1. The van der Waals surface area contributed by atoms with E-state index in [1.807, 2.05) is 0 Å². The van der Waals surface area contributed by atoms with Crippen LogP contribution in [-0.4, -0.2) is 48.5 Å². The molecule has 12 nitrogen and oxygen atoms in total. The Labute approximate surface area is 195 Å². The van der Waals surface area contributed by atoms with Crippen LogP contribution in [0.25, 0.3) is 0 Å². The van der Waals surface area contributed by atoms with E-state index in [9.17, 15) is 18.9 Å². The molecular formula is C21H26N3O9P. The quantitative estimate of drug-likeness (QED) is 0.283. The van der Waals surface area contributed by atoms with Crippen molar-refractivity contribution in [3.05, 3.63) is 69.0 Å². The number of carbonyl (C=O) groups excluding carboxylic acids is 1. The zero-order valence-electron chi connectivity index (χ0n) is 19.0. The highest BCUT2D eigenvalue weighted by Gasteiger charge is 2.34. The molecule has 2 aromatic rings. The van der Waals surface area contributed by atoms with E-state index in [-0.39, 0.29) is 12.4 Å². The van der Waals surface area contributed by atoms with Crippen molar-refractivity contribution in [1.29, 1.82) is 0 Å². The average molecular weight is 495 g/mol. The molecule has 0 fully saturated rings. The smallest absolute Gasteiger partial charge is 0.459 e. The highest BCUT2D eigenvalue weighted by molar-refractivity contribution is 7.52. The molecule has 0 spiro atoms. The minimum Gasteiger partial charge on any atom is -0.497 e. The number of hydrogen-bond acceptors (Lipinski definition) is 9. The lowest BCUT2D eigenvalue weighted by Crippen LogP contribution is -2.35. The van der Waals surface area contributed by atoms with Gasteiger partial charge in [-0.2, -0.15) is 5.09 Å². The van der Waals surface area contributed by atoms with Gasteiger partial charge in [0, 0.05) is 11.8 Å². The van der Waals surface area contributed by atoms with Gasteiger partial charge in [-0.25, -0.2) is 9.36 Å². The van der Waals surface area contributed by atoms with E-state index in [4.69, 9.17) is 18.5 Å². The van der Waals surface area contributed by atoms with Crippen molar-refractivity contribution < 1.29 is 32.6 Å². The van der Waals surface area contributed by atoms with Crippen LogP contribution in [0.1, 0.15) is 18.7 Å². The van der Waals surface area contributed by atoms with Crippen molar-refractivity contribution in [3.8, 4) is 11.5 Å². The number of aromatic amines is 1. The lowest BCUT2D eigenvalue weighted by molar-refractivity contribution is -0.142. The topological polar surface area (TPSA) is 147 Å². The zero-order valence-corrected chi connectivity index (χ0v) is 19.9. The second-order valence-electron chi connectivity index (χ2n) is 7.36. The van der Waals surface area contributed by atoms with Gasteiger partial charge in [-0.05, 0) is 44.2 Å². The molecule has 1 aliphatic rings. The maximum Gasteiger partial charge on any atom is 0.459 e. The maximum absolute atomic E-state index is 13.4. The summed E-state index contributed by atoms with van der Waals surface area (Å²) in [7, 11) is -1.37. The maximum atomic E-state index is 13.4. The molecule has 1 aliphatic heterocycles. The number of aromatic nitrogens is 2. The summed E-state index contributed by atoms with van der Waals surface area (Å²) in [6.45, 7) is 2.79. The highest BCUT2D eigenvalue weighted by Crippen LogP contribution is 2.45. The third-order valence-electron chi connectivity index (χ3n) is 4.82. The first-order valence-electron chi connectivity index (χ1n) is 10.2. The molecule has 4 atom stereocenters. The molecule has 0 amide bonds. The third kappa shape index (κ3) is 6.23. The van der Waals surface area contributed by atoms with Crippen LogP contribution < -0.4 is 25.6 Å². The standard InChI is InChI=1S/C21H26N3O9P/c1-13-11-24(21(27)22-19(13)25)18-10-9-17(32-18)12-31-34(28,23-14(2)20(26)30-4)33-16-7-5-15(29-3)6-8-16/h5-11,14,17-18H,12H2,1-4H3,(H,23,28)(H,22,25,27)/t14?,17-,18+,34?/m0/s1. The Morgan fingerprint density at radius 1 is 1.21 bits per heavy atom. The molecule has 34 heavy (non-hydrogen) atoms. The first-order chi connectivity index (χ1) is 16.1. The van der Waals surface area contributed by atoms with Crippen molar-refractivity contribution in [1.82, 2.24) is 14.6 Å². The van der Waals surface area contributed by atoms with Crippen LogP contribution in [0.5, 0.6) is 11.5 Å². The lowest BCUT2D eigenvalue weighted by Gasteiger charge is -2.24. The average Bonchev–Trinajstić information content (AvgIpc) is 3.29.